The number of carbonyl (C=O) groups excluding carboxylic acids is 1. The fraction of sp³-hybridized carbons (Fsp3) is 0.154. The first kappa shape index (κ1) is 21.2. The van der Waals surface area contributed by atoms with Gasteiger partial charge in [-0.05, 0) is 34.4 Å². The molecule has 1 aliphatic rings. The number of aliphatic carboxylic acids is 1. The predicted octanol–water partition coefficient (Wildman–Crippen LogP) is 3.74. The number of fused-ring (bicyclic) bond motifs is 4. The Balaban J connectivity index is 1.30. The van der Waals surface area contributed by atoms with E-state index in [0.717, 1.165) is 22.3 Å². The van der Waals surface area contributed by atoms with Gasteiger partial charge in [0.2, 0.25) is 0 Å². The van der Waals surface area contributed by atoms with E-state index in [1.54, 1.807) is 22.6 Å². The van der Waals surface area contributed by atoms with E-state index in [-0.39, 0.29) is 24.6 Å². The van der Waals surface area contributed by atoms with Crippen LogP contribution in [0.25, 0.3) is 16.8 Å². The fourth-order valence-corrected chi connectivity index (χ4v) is 4.48. The van der Waals surface area contributed by atoms with E-state index < -0.39 is 18.1 Å². The van der Waals surface area contributed by atoms with Crippen LogP contribution in [0.15, 0.2) is 72.9 Å². The first-order valence-electron chi connectivity index (χ1n) is 10.8. The van der Waals surface area contributed by atoms with Crippen LogP contribution in [0.2, 0.25) is 0 Å². The molecule has 34 heavy (non-hydrogen) atoms. The molecule has 4 aromatic rings. The van der Waals surface area contributed by atoms with Gasteiger partial charge in [0.1, 0.15) is 24.4 Å². The summed E-state index contributed by atoms with van der Waals surface area (Å²) in [4.78, 5) is 28.6. The number of rotatable bonds is 6. The zero-order valence-electron chi connectivity index (χ0n) is 18.0. The third-order valence-electron chi connectivity index (χ3n) is 6.04. The van der Waals surface area contributed by atoms with Crippen molar-refractivity contribution in [1.29, 1.82) is 5.26 Å². The molecule has 0 aliphatic heterocycles. The molecule has 0 radical (unpaired) electrons. The normalized spacial score (nSPS) is 13.0. The van der Waals surface area contributed by atoms with E-state index in [1.807, 2.05) is 54.6 Å². The Hall–Kier alpha value is -4.64. The minimum atomic E-state index is -1.21. The second kappa shape index (κ2) is 8.71. The number of carboxylic acid groups (broad SMARTS) is 1. The molecule has 2 aromatic heterocycles. The molecule has 0 spiro atoms. The SMILES string of the molecule is N#Cc1cn2c(CC(NC(=O)OCC3c4ccccc4-c4ccccc43)C(=O)O)cccc2n1. The molecule has 0 bridgehead atoms. The Morgan fingerprint density at radius 2 is 1.74 bits per heavy atom. The second-order valence-corrected chi connectivity index (χ2v) is 8.05. The number of alkyl carbamates (subject to hydrolysis) is 1. The van der Waals surface area contributed by atoms with Crippen molar-refractivity contribution in [2.45, 2.75) is 18.4 Å². The highest BCUT2D eigenvalue weighted by molar-refractivity contribution is 5.81. The minimum Gasteiger partial charge on any atom is -0.480 e. The quantitative estimate of drug-likeness (QED) is 0.460. The Morgan fingerprint density at radius 3 is 2.38 bits per heavy atom. The van der Waals surface area contributed by atoms with E-state index in [4.69, 9.17) is 10.00 Å². The number of nitrogens with one attached hydrogen (secondary N) is 1. The van der Waals surface area contributed by atoms with Crippen molar-refractivity contribution in [2.75, 3.05) is 6.61 Å². The highest BCUT2D eigenvalue weighted by Crippen LogP contribution is 2.44. The van der Waals surface area contributed by atoms with Crippen LogP contribution in [0.3, 0.4) is 0 Å². The van der Waals surface area contributed by atoms with Crippen LogP contribution in [0.4, 0.5) is 4.79 Å². The largest absolute Gasteiger partial charge is 0.480 e. The number of imidazole rings is 1. The van der Waals surface area contributed by atoms with Crippen molar-refractivity contribution < 1.29 is 19.4 Å². The number of ether oxygens (including phenoxy) is 1. The smallest absolute Gasteiger partial charge is 0.407 e. The number of nitriles is 1. The van der Waals surface area contributed by atoms with E-state index in [0.29, 0.717) is 11.3 Å². The van der Waals surface area contributed by atoms with Crippen molar-refractivity contribution >= 4 is 17.7 Å². The predicted molar refractivity (Wildman–Crippen MR) is 123 cm³/mol. The fourth-order valence-electron chi connectivity index (χ4n) is 4.48. The molecule has 0 fully saturated rings. The molecule has 1 amide bonds. The molecule has 0 saturated carbocycles. The van der Waals surface area contributed by atoms with Crippen LogP contribution in [-0.4, -0.2) is 39.2 Å². The van der Waals surface area contributed by atoms with Gasteiger partial charge in [-0.25, -0.2) is 14.6 Å². The molecule has 5 rings (SSSR count). The van der Waals surface area contributed by atoms with Gasteiger partial charge in [-0.15, -0.1) is 0 Å². The molecule has 1 unspecified atom stereocenters. The number of amides is 1. The van der Waals surface area contributed by atoms with Crippen molar-refractivity contribution in [3.63, 3.8) is 0 Å². The van der Waals surface area contributed by atoms with Crippen LogP contribution >= 0.6 is 0 Å². The van der Waals surface area contributed by atoms with Crippen LogP contribution in [0.1, 0.15) is 28.4 Å². The van der Waals surface area contributed by atoms with Crippen LogP contribution in [-0.2, 0) is 16.0 Å². The summed E-state index contributed by atoms with van der Waals surface area (Å²) in [6.07, 6.45) is 0.736. The van der Waals surface area contributed by atoms with E-state index in [1.165, 1.54) is 6.20 Å². The summed E-state index contributed by atoms with van der Waals surface area (Å²) < 4.78 is 7.14. The zero-order valence-corrected chi connectivity index (χ0v) is 18.0. The lowest BCUT2D eigenvalue weighted by Crippen LogP contribution is -2.43. The van der Waals surface area contributed by atoms with E-state index >= 15 is 0 Å². The number of aromatic nitrogens is 2. The lowest BCUT2D eigenvalue weighted by molar-refractivity contribution is -0.139. The molecule has 168 valence electrons. The molecule has 8 heteroatoms. The van der Waals surface area contributed by atoms with Crippen LogP contribution in [0, 0.1) is 11.3 Å². The van der Waals surface area contributed by atoms with Crippen LogP contribution in [0.5, 0.6) is 0 Å². The van der Waals surface area contributed by atoms with Gasteiger partial charge in [0.15, 0.2) is 5.69 Å². The number of hydrogen-bond acceptors (Lipinski definition) is 5. The van der Waals surface area contributed by atoms with Gasteiger partial charge in [0.05, 0.1) is 0 Å². The molecule has 2 heterocycles. The first-order chi connectivity index (χ1) is 16.5. The third-order valence-corrected chi connectivity index (χ3v) is 6.04. The maximum atomic E-state index is 12.6. The number of carbonyl (C=O) groups is 2. The number of carboxylic acids is 1. The van der Waals surface area contributed by atoms with Crippen molar-refractivity contribution in [1.82, 2.24) is 14.7 Å². The Bertz CT molecular complexity index is 1410. The van der Waals surface area contributed by atoms with Crippen molar-refractivity contribution in [3.8, 4) is 17.2 Å². The van der Waals surface area contributed by atoms with Gasteiger partial charge in [-0.3, -0.25) is 0 Å². The van der Waals surface area contributed by atoms with Gasteiger partial charge in [0, 0.05) is 24.2 Å². The third kappa shape index (κ3) is 3.84. The number of nitrogens with zero attached hydrogens (tertiary/aromatic N) is 3. The summed E-state index contributed by atoms with van der Waals surface area (Å²) in [5.41, 5.74) is 5.72. The second-order valence-electron chi connectivity index (χ2n) is 8.05. The molecule has 0 saturated heterocycles. The first-order valence-corrected chi connectivity index (χ1v) is 10.8. The summed E-state index contributed by atoms with van der Waals surface area (Å²) in [7, 11) is 0. The Labute approximate surface area is 195 Å². The maximum Gasteiger partial charge on any atom is 0.407 e. The van der Waals surface area contributed by atoms with Gasteiger partial charge < -0.3 is 19.6 Å². The molecular formula is C26H20N4O4. The maximum absolute atomic E-state index is 12.6. The number of pyridine rings is 1. The average Bonchev–Trinajstić information content (AvgIpc) is 3.42. The van der Waals surface area contributed by atoms with Gasteiger partial charge in [-0.1, -0.05) is 54.6 Å². The lowest BCUT2D eigenvalue weighted by Gasteiger charge is -2.18. The van der Waals surface area contributed by atoms with Crippen LogP contribution < -0.4 is 5.32 Å². The molecule has 1 aliphatic carbocycles. The lowest BCUT2D eigenvalue weighted by atomic mass is 9.98. The minimum absolute atomic E-state index is 0.00189. The number of hydrogen-bond donors (Lipinski definition) is 2. The van der Waals surface area contributed by atoms with Crippen molar-refractivity contribution in [3.05, 3.63) is 95.4 Å². The van der Waals surface area contributed by atoms with E-state index in [9.17, 15) is 14.7 Å². The summed E-state index contributed by atoms with van der Waals surface area (Å²) >= 11 is 0. The summed E-state index contributed by atoms with van der Waals surface area (Å²) in [5, 5.41) is 21.3. The van der Waals surface area contributed by atoms with Gasteiger partial charge in [0.25, 0.3) is 0 Å². The highest BCUT2D eigenvalue weighted by Gasteiger charge is 2.30. The molecule has 1 atom stereocenters. The summed E-state index contributed by atoms with van der Waals surface area (Å²) in [5.74, 6) is -1.31. The van der Waals surface area contributed by atoms with Crippen molar-refractivity contribution in [2.24, 2.45) is 0 Å². The van der Waals surface area contributed by atoms with Gasteiger partial charge in [-0.2, -0.15) is 5.26 Å². The summed E-state index contributed by atoms with van der Waals surface area (Å²) in [6, 6.07) is 21.9. The number of benzene rings is 2. The topological polar surface area (TPSA) is 117 Å². The monoisotopic (exact) mass is 452 g/mol. The molecule has 2 aromatic carbocycles. The average molecular weight is 452 g/mol. The Kier molecular flexibility index (Phi) is 5.44. The van der Waals surface area contributed by atoms with Gasteiger partial charge >= 0.3 is 12.1 Å². The summed E-state index contributed by atoms with van der Waals surface area (Å²) in [6.45, 7) is 0.0921. The zero-order chi connectivity index (χ0) is 23.7. The molecule has 8 nitrogen and oxygen atoms in total. The highest BCUT2D eigenvalue weighted by atomic mass is 16.5. The Morgan fingerprint density at radius 1 is 1.06 bits per heavy atom. The molecular weight excluding hydrogens is 432 g/mol. The molecule has 2 N–H and O–H groups in total. The van der Waals surface area contributed by atoms with E-state index in [2.05, 4.69) is 10.3 Å². The standard InChI is InChI=1S/C26H20N4O4/c27-13-16-14-30-17(6-5-11-24(30)28-16)12-23(25(31)32)29-26(33)34-15-22-20-9-3-1-7-18(20)19-8-2-4-10-21(19)22/h1-11,14,22-23H,12,15H2,(H,29,33)(H,31,32).